The highest BCUT2D eigenvalue weighted by molar-refractivity contribution is 5.95. The summed E-state index contributed by atoms with van der Waals surface area (Å²) in [5.74, 6) is 0.427. The van der Waals surface area contributed by atoms with Crippen molar-refractivity contribution in [2.75, 3.05) is 12.8 Å². The molecule has 0 unspecified atom stereocenters. The van der Waals surface area contributed by atoms with Crippen molar-refractivity contribution in [3.63, 3.8) is 0 Å². The molecule has 1 aromatic carbocycles. The van der Waals surface area contributed by atoms with E-state index in [0.717, 1.165) is 25.7 Å². The van der Waals surface area contributed by atoms with Crippen molar-refractivity contribution >= 4 is 11.6 Å². The summed E-state index contributed by atoms with van der Waals surface area (Å²) in [7, 11) is 1.54. The Bertz CT molecular complexity index is 454. The third kappa shape index (κ3) is 3.61. The maximum atomic E-state index is 12.1. The van der Waals surface area contributed by atoms with Gasteiger partial charge in [-0.25, -0.2) is 0 Å². The van der Waals surface area contributed by atoms with E-state index in [1.165, 1.54) is 0 Å². The van der Waals surface area contributed by atoms with E-state index >= 15 is 0 Å². The lowest BCUT2D eigenvalue weighted by atomic mass is 9.93. The number of nitrogens with one attached hydrogen (secondary N) is 1. The van der Waals surface area contributed by atoms with Gasteiger partial charge in [-0.2, -0.15) is 0 Å². The second kappa shape index (κ2) is 5.93. The van der Waals surface area contributed by atoms with E-state index in [-0.39, 0.29) is 18.1 Å². The molecule has 1 aliphatic rings. The highest BCUT2D eigenvalue weighted by atomic mass is 16.5. The van der Waals surface area contributed by atoms with Crippen molar-refractivity contribution < 1.29 is 14.6 Å². The molecule has 1 saturated carbocycles. The van der Waals surface area contributed by atoms with Gasteiger partial charge in [-0.05, 0) is 37.8 Å². The fraction of sp³-hybridized carbons (Fsp3) is 0.500. The molecule has 2 rings (SSSR count). The van der Waals surface area contributed by atoms with Crippen LogP contribution in [0.4, 0.5) is 5.69 Å². The number of benzene rings is 1. The molecule has 4 N–H and O–H groups in total. The number of nitrogens with two attached hydrogens (primary N) is 1. The predicted molar refractivity (Wildman–Crippen MR) is 73.1 cm³/mol. The SMILES string of the molecule is COc1cc(N)cc(C(=O)NC2CCC(O)CC2)c1. The maximum Gasteiger partial charge on any atom is 0.251 e. The number of amides is 1. The summed E-state index contributed by atoms with van der Waals surface area (Å²) >= 11 is 0. The van der Waals surface area contributed by atoms with Gasteiger partial charge in [0, 0.05) is 23.4 Å². The molecule has 19 heavy (non-hydrogen) atoms. The zero-order chi connectivity index (χ0) is 13.8. The Balaban J connectivity index is 2.01. The number of carbonyl (C=O) groups excluding carboxylic acids is 1. The van der Waals surface area contributed by atoms with Crippen LogP contribution in [0.15, 0.2) is 18.2 Å². The van der Waals surface area contributed by atoms with Crippen LogP contribution in [0.3, 0.4) is 0 Å². The van der Waals surface area contributed by atoms with Gasteiger partial charge in [0.15, 0.2) is 0 Å². The molecule has 5 nitrogen and oxygen atoms in total. The molecule has 0 radical (unpaired) electrons. The summed E-state index contributed by atoms with van der Waals surface area (Å²) < 4.78 is 5.10. The van der Waals surface area contributed by atoms with E-state index in [9.17, 15) is 9.90 Å². The molecule has 1 aliphatic carbocycles. The maximum absolute atomic E-state index is 12.1. The molecule has 0 aromatic heterocycles. The van der Waals surface area contributed by atoms with Gasteiger partial charge in [0.1, 0.15) is 5.75 Å². The number of rotatable bonds is 3. The molecule has 0 heterocycles. The summed E-state index contributed by atoms with van der Waals surface area (Å²) in [5.41, 5.74) is 6.74. The van der Waals surface area contributed by atoms with E-state index in [2.05, 4.69) is 5.32 Å². The standard InChI is InChI=1S/C14H20N2O3/c1-19-13-7-9(6-10(15)8-13)14(18)16-11-2-4-12(17)5-3-11/h6-8,11-12,17H,2-5,15H2,1H3,(H,16,18). The lowest BCUT2D eigenvalue weighted by Gasteiger charge is -2.26. The third-order valence-corrected chi connectivity index (χ3v) is 3.46. The highest BCUT2D eigenvalue weighted by Crippen LogP contribution is 2.21. The van der Waals surface area contributed by atoms with Crippen LogP contribution in [0.25, 0.3) is 0 Å². The van der Waals surface area contributed by atoms with Crippen LogP contribution < -0.4 is 15.8 Å². The Kier molecular flexibility index (Phi) is 4.27. The van der Waals surface area contributed by atoms with Crippen molar-refractivity contribution in [3.05, 3.63) is 23.8 Å². The molecule has 0 aliphatic heterocycles. The molecule has 1 amide bonds. The normalized spacial score (nSPS) is 22.8. The Labute approximate surface area is 112 Å². The van der Waals surface area contributed by atoms with Crippen molar-refractivity contribution in [3.8, 4) is 5.75 Å². The largest absolute Gasteiger partial charge is 0.497 e. The predicted octanol–water partition coefficient (Wildman–Crippen LogP) is 1.31. The first-order valence-electron chi connectivity index (χ1n) is 6.52. The average Bonchev–Trinajstić information content (AvgIpc) is 2.40. The molecule has 0 saturated heterocycles. The minimum Gasteiger partial charge on any atom is -0.497 e. The molecule has 0 bridgehead atoms. The van der Waals surface area contributed by atoms with Gasteiger partial charge in [-0.3, -0.25) is 4.79 Å². The molecular weight excluding hydrogens is 244 g/mol. The van der Waals surface area contributed by atoms with Crippen LogP contribution in [0.1, 0.15) is 36.0 Å². The number of methoxy groups -OCH3 is 1. The zero-order valence-corrected chi connectivity index (χ0v) is 11.1. The minimum absolute atomic E-state index is 0.128. The van der Waals surface area contributed by atoms with Gasteiger partial charge in [-0.15, -0.1) is 0 Å². The van der Waals surface area contributed by atoms with E-state index in [1.807, 2.05) is 0 Å². The first kappa shape index (κ1) is 13.7. The smallest absolute Gasteiger partial charge is 0.251 e. The number of carbonyl (C=O) groups is 1. The number of nitrogen functional groups attached to an aromatic ring is 1. The van der Waals surface area contributed by atoms with Crippen LogP contribution in [-0.2, 0) is 0 Å². The number of ether oxygens (including phenoxy) is 1. The number of anilines is 1. The van der Waals surface area contributed by atoms with Crippen LogP contribution in [0.5, 0.6) is 5.75 Å². The minimum atomic E-state index is -0.222. The van der Waals surface area contributed by atoms with Crippen LogP contribution in [-0.4, -0.2) is 30.3 Å². The topological polar surface area (TPSA) is 84.6 Å². The van der Waals surface area contributed by atoms with E-state index in [4.69, 9.17) is 10.5 Å². The van der Waals surface area contributed by atoms with Gasteiger partial charge in [0.05, 0.1) is 13.2 Å². The molecule has 1 fully saturated rings. The Hall–Kier alpha value is -1.75. The molecule has 1 aromatic rings. The summed E-state index contributed by atoms with van der Waals surface area (Å²) in [6.45, 7) is 0. The summed E-state index contributed by atoms with van der Waals surface area (Å²) in [4.78, 5) is 12.1. The van der Waals surface area contributed by atoms with Crippen LogP contribution >= 0.6 is 0 Å². The second-order valence-electron chi connectivity index (χ2n) is 4.97. The van der Waals surface area contributed by atoms with Crippen LogP contribution in [0, 0.1) is 0 Å². The Morgan fingerprint density at radius 3 is 2.63 bits per heavy atom. The number of hydrogen-bond acceptors (Lipinski definition) is 4. The fourth-order valence-electron chi connectivity index (χ4n) is 2.36. The number of aliphatic hydroxyl groups is 1. The summed E-state index contributed by atoms with van der Waals surface area (Å²) in [6, 6.07) is 5.11. The second-order valence-corrected chi connectivity index (χ2v) is 4.97. The quantitative estimate of drug-likeness (QED) is 0.719. The number of aliphatic hydroxyl groups excluding tert-OH is 1. The summed E-state index contributed by atoms with van der Waals surface area (Å²) in [5, 5.41) is 12.4. The monoisotopic (exact) mass is 264 g/mol. The van der Waals surface area contributed by atoms with Gasteiger partial charge in [-0.1, -0.05) is 0 Å². The fourth-order valence-corrected chi connectivity index (χ4v) is 2.36. The van der Waals surface area contributed by atoms with E-state index in [1.54, 1.807) is 25.3 Å². The Morgan fingerprint density at radius 2 is 2.00 bits per heavy atom. The van der Waals surface area contributed by atoms with Crippen LogP contribution in [0.2, 0.25) is 0 Å². The van der Waals surface area contributed by atoms with E-state index in [0.29, 0.717) is 17.0 Å². The number of hydrogen-bond donors (Lipinski definition) is 3. The van der Waals surface area contributed by atoms with Crippen molar-refractivity contribution in [1.82, 2.24) is 5.32 Å². The van der Waals surface area contributed by atoms with Gasteiger partial charge in [0.2, 0.25) is 0 Å². The molecule has 5 heteroatoms. The van der Waals surface area contributed by atoms with E-state index < -0.39 is 0 Å². The molecular formula is C14H20N2O3. The first-order valence-corrected chi connectivity index (χ1v) is 6.52. The van der Waals surface area contributed by atoms with Crippen molar-refractivity contribution in [2.45, 2.75) is 37.8 Å². The molecule has 0 spiro atoms. The summed E-state index contributed by atoms with van der Waals surface area (Å²) in [6.07, 6.45) is 2.88. The Morgan fingerprint density at radius 1 is 1.32 bits per heavy atom. The molecule has 0 atom stereocenters. The first-order chi connectivity index (χ1) is 9.08. The van der Waals surface area contributed by atoms with Crippen molar-refractivity contribution in [2.24, 2.45) is 0 Å². The van der Waals surface area contributed by atoms with Crippen molar-refractivity contribution in [1.29, 1.82) is 0 Å². The lowest BCUT2D eigenvalue weighted by molar-refractivity contribution is 0.0867. The zero-order valence-electron chi connectivity index (χ0n) is 11.1. The van der Waals surface area contributed by atoms with Gasteiger partial charge in [0.25, 0.3) is 5.91 Å². The lowest BCUT2D eigenvalue weighted by Crippen LogP contribution is -2.38. The van der Waals surface area contributed by atoms with Gasteiger partial charge < -0.3 is 20.9 Å². The highest BCUT2D eigenvalue weighted by Gasteiger charge is 2.21. The third-order valence-electron chi connectivity index (χ3n) is 3.46. The molecule has 104 valence electrons. The average molecular weight is 264 g/mol. The van der Waals surface area contributed by atoms with Gasteiger partial charge >= 0.3 is 0 Å².